The molecule has 0 aliphatic rings. The number of hydrogen-bond acceptors (Lipinski definition) is 2. The first-order chi connectivity index (χ1) is 9.36. The Balaban J connectivity index is 5.48. The minimum atomic E-state index is 0.0609. The van der Waals surface area contributed by atoms with Crippen molar-refractivity contribution >= 4 is 6.21 Å². The van der Waals surface area contributed by atoms with Crippen LogP contribution in [-0.4, -0.2) is 31.8 Å². The monoisotopic (exact) mass is 274 g/mol. The fourth-order valence-corrected chi connectivity index (χ4v) is 2.26. The van der Waals surface area contributed by atoms with Gasteiger partial charge in [-0.15, -0.1) is 12.3 Å². The number of terminal acetylenes is 1. The summed E-state index contributed by atoms with van der Waals surface area (Å²) in [4.78, 5) is 6.82. The van der Waals surface area contributed by atoms with Gasteiger partial charge in [-0.1, -0.05) is 39.8 Å². The summed E-state index contributed by atoms with van der Waals surface area (Å²) < 4.78 is 0. The highest BCUT2D eigenvalue weighted by Crippen LogP contribution is 2.25. The van der Waals surface area contributed by atoms with Crippen molar-refractivity contribution in [1.29, 1.82) is 0 Å². The Morgan fingerprint density at radius 1 is 1.25 bits per heavy atom. The second-order valence-electron chi connectivity index (χ2n) is 5.99. The molecule has 2 nitrogen and oxygen atoms in total. The number of rotatable bonds is 8. The van der Waals surface area contributed by atoms with Crippen molar-refractivity contribution in [3.8, 4) is 12.3 Å². The summed E-state index contributed by atoms with van der Waals surface area (Å²) in [5.41, 5.74) is 2.25. The lowest BCUT2D eigenvalue weighted by Crippen LogP contribution is -2.27. The molecule has 0 N–H and O–H groups in total. The van der Waals surface area contributed by atoms with Crippen LogP contribution in [0.3, 0.4) is 0 Å². The van der Waals surface area contributed by atoms with Gasteiger partial charge in [0.2, 0.25) is 0 Å². The molecule has 0 unspecified atom stereocenters. The minimum absolute atomic E-state index is 0.0609. The van der Waals surface area contributed by atoms with Crippen molar-refractivity contribution < 1.29 is 0 Å². The lowest BCUT2D eigenvalue weighted by molar-refractivity contribution is 0.292. The van der Waals surface area contributed by atoms with Crippen LogP contribution in [0.15, 0.2) is 28.4 Å². The molecule has 0 saturated heterocycles. The molecule has 0 aromatic heterocycles. The standard InChI is InChI=1S/C18H30N2/c1-8-11-16(12-9-2)17(19-13-10-3)14-18(4,5)15-20(6)7/h1,12-14H,9-11,15H2,2-7H3/b16-12-,17-14+,19-13-. The normalized spacial score (nSPS) is 14.1. The molecule has 0 aromatic carbocycles. The van der Waals surface area contributed by atoms with Gasteiger partial charge in [0.15, 0.2) is 0 Å². The highest BCUT2D eigenvalue weighted by Gasteiger charge is 2.18. The Kier molecular flexibility index (Phi) is 8.92. The van der Waals surface area contributed by atoms with Gasteiger partial charge >= 0.3 is 0 Å². The minimum Gasteiger partial charge on any atom is -0.309 e. The van der Waals surface area contributed by atoms with Crippen LogP contribution in [0.25, 0.3) is 0 Å². The first-order valence-electron chi connectivity index (χ1n) is 7.39. The quantitative estimate of drug-likeness (QED) is 0.366. The van der Waals surface area contributed by atoms with Gasteiger partial charge in [0.1, 0.15) is 0 Å². The van der Waals surface area contributed by atoms with Crippen molar-refractivity contribution in [3.05, 3.63) is 23.4 Å². The molecular formula is C18H30N2. The Hall–Kier alpha value is -1.33. The molecule has 0 rings (SSSR count). The van der Waals surface area contributed by atoms with E-state index in [2.05, 4.69) is 69.8 Å². The third-order valence-electron chi connectivity index (χ3n) is 2.74. The van der Waals surface area contributed by atoms with Gasteiger partial charge in [0, 0.05) is 19.2 Å². The maximum Gasteiger partial charge on any atom is 0.0630 e. The van der Waals surface area contributed by atoms with Crippen molar-refractivity contribution in [2.45, 2.75) is 47.0 Å². The maximum atomic E-state index is 5.49. The Morgan fingerprint density at radius 2 is 1.90 bits per heavy atom. The predicted molar refractivity (Wildman–Crippen MR) is 91.0 cm³/mol. The van der Waals surface area contributed by atoms with Gasteiger partial charge in [-0.3, -0.25) is 4.99 Å². The number of aliphatic imine (C=N–C) groups is 1. The Bertz CT molecular complexity index is 404. The van der Waals surface area contributed by atoms with Gasteiger partial charge in [-0.05, 0) is 37.9 Å². The van der Waals surface area contributed by atoms with Crippen LogP contribution in [0.1, 0.15) is 47.0 Å². The first-order valence-corrected chi connectivity index (χ1v) is 7.39. The Morgan fingerprint density at radius 3 is 2.35 bits per heavy atom. The summed E-state index contributed by atoms with van der Waals surface area (Å²) >= 11 is 0. The average molecular weight is 274 g/mol. The van der Waals surface area contributed by atoms with Crippen LogP contribution in [0.2, 0.25) is 0 Å². The van der Waals surface area contributed by atoms with Crippen molar-refractivity contribution in [2.24, 2.45) is 10.4 Å². The number of nitrogens with zero attached hydrogens (tertiary/aromatic N) is 2. The van der Waals surface area contributed by atoms with E-state index in [0.717, 1.165) is 30.7 Å². The van der Waals surface area contributed by atoms with Crippen LogP contribution in [-0.2, 0) is 0 Å². The molecule has 0 spiro atoms. The van der Waals surface area contributed by atoms with Gasteiger partial charge in [0.05, 0.1) is 5.70 Å². The lowest BCUT2D eigenvalue weighted by Gasteiger charge is -2.25. The van der Waals surface area contributed by atoms with Crippen molar-refractivity contribution in [3.63, 3.8) is 0 Å². The topological polar surface area (TPSA) is 15.6 Å². The highest BCUT2D eigenvalue weighted by molar-refractivity contribution is 5.60. The third kappa shape index (κ3) is 7.96. The molecule has 0 radical (unpaired) electrons. The van der Waals surface area contributed by atoms with E-state index in [-0.39, 0.29) is 5.41 Å². The summed E-state index contributed by atoms with van der Waals surface area (Å²) in [5, 5.41) is 0. The largest absolute Gasteiger partial charge is 0.309 e. The van der Waals surface area contributed by atoms with E-state index in [1.807, 2.05) is 6.21 Å². The van der Waals surface area contributed by atoms with Crippen LogP contribution in [0.5, 0.6) is 0 Å². The smallest absolute Gasteiger partial charge is 0.0630 e. The van der Waals surface area contributed by atoms with E-state index >= 15 is 0 Å². The van der Waals surface area contributed by atoms with Gasteiger partial charge in [0.25, 0.3) is 0 Å². The zero-order chi connectivity index (χ0) is 15.6. The third-order valence-corrected chi connectivity index (χ3v) is 2.74. The molecule has 0 fully saturated rings. The maximum absolute atomic E-state index is 5.49. The van der Waals surface area contributed by atoms with E-state index in [4.69, 9.17) is 6.42 Å². The SMILES string of the molecule is C#CCC(=C/CC)/C(=C\C(C)(C)CN(C)C)/N=C\CC. The van der Waals surface area contributed by atoms with Gasteiger partial charge in [-0.2, -0.15) is 0 Å². The van der Waals surface area contributed by atoms with Crippen LogP contribution in [0, 0.1) is 17.8 Å². The summed E-state index contributed by atoms with van der Waals surface area (Å²) in [6.45, 7) is 9.66. The summed E-state index contributed by atoms with van der Waals surface area (Å²) in [6.07, 6.45) is 14.4. The zero-order valence-electron chi connectivity index (χ0n) is 14.0. The molecule has 2 heteroatoms. The van der Waals surface area contributed by atoms with E-state index < -0.39 is 0 Å². The molecule has 0 saturated carbocycles. The summed E-state index contributed by atoms with van der Waals surface area (Å²) in [6, 6.07) is 0. The molecule has 0 bridgehead atoms. The molecule has 0 aromatic rings. The summed E-state index contributed by atoms with van der Waals surface area (Å²) in [7, 11) is 4.18. The molecule has 112 valence electrons. The molecule has 0 heterocycles. The lowest BCUT2D eigenvalue weighted by atomic mass is 9.89. The summed E-state index contributed by atoms with van der Waals surface area (Å²) in [5.74, 6) is 2.74. The van der Waals surface area contributed by atoms with Gasteiger partial charge in [-0.25, -0.2) is 0 Å². The number of allylic oxidation sites excluding steroid dienone is 2. The van der Waals surface area contributed by atoms with Crippen molar-refractivity contribution in [1.82, 2.24) is 4.90 Å². The highest BCUT2D eigenvalue weighted by atomic mass is 15.1. The zero-order valence-corrected chi connectivity index (χ0v) is 14.0. The second-order valence-corrected chi connectivity index (χ2v) is 5.99. The van der Waals surface area contributed by atoms with E-state index in [1.54, 1.807) is 0 Å². The van der Waals surface area contributed by atoms with E-state index in [1.165, 1.54) is 0 Å². The fourth-order valence-electron chi connectivity index (χ4n) is 2.26. The van der Waals surface area contributed by atoms with E-state index in [9.17, 15) is 0 Å². The average Bonchev–Trinajstić information content (AvgIpc) is 2.32. The first kappa shape index (κ1) is 18.7. The molecule has 0 amide bonds. The molecule has 0 aliphatic carbocycles. The fraction of sp³-hybridized carbons (Fsp3) is 0.611. The van der Waals surface area contributed by atoms with Crippen LogP contribution < -0.4 is 0 Å². The van der Waals surface area contributed by atoms with Crippen molar-refractivity contribution in [2.75, 3.05) is 20.6 Å². The van der Waals surface area contributed by atoms with Crippen LogP contribution >= 0.6 is 0 Å². The predicted octanol–water partition coefficient (Wildman–Crippen LogP) is 4.30. The second kappa shape index (κ2) is 9.55. The van der Waals surface area contributed by atoms with Gasteiger partial charge < -0.3 is 4.90 Å². The molecule has 0 aliphatic heterocycles. The van der Waals surface area contributed by atoms with Crippen LogP contribution in [0.4, 0.5) is 0 Å². The molecular weight excluding hydrogens is 244 g/mol. The molecule has 20 heavy (non-hydrogen) atoms. The Labute approximate surface area is 125 Å². The molecule has 0 atom stereocenters. The van der Waals surface area contributed by atoms with E-state index in [0.29, 0.717) is 6.42 Å². The number of hydrogen-bond donors (Lipinski definition) is 0.